The molecule has 0 bridgehead atoms. The second kappa shape index (κ2) is 3.37. The first-order valence-corrected chi connectivity index (χ1v) is 2.98. The van der Waals surface area contributed by atoms with E-state index in [0.29, 0.717) is 0 Å². The highest BCUT2D eigenvalue weighted by molar-refractivity contribution is 6.63. The minimum Gasteiger partial charge on any atom is -0.281 e. The van der Waals surface area contributed by atoms with Crippen LogP contribution in [0.3, 0.4) is 0 Å². The average Bonchev–Trinajstić information content (AvgIpc) is 2.18. The van der Waals surface area contributed by atoms with Gasteiger partial charge in [-0.25, -0.2) is 0 Å². The summed E-state index contributed by atoms with van der Waals surface area (Å²) in [6, 6.07) is -2.14. The van der Waals surface area contributed by atoms with Gasteiger partial charge in [-0.1, -0.05) is 30.2 Å². The van der Waals surface area contributed by atoms with Gasteiger partial charge in [0.1, 0.15) is 0 Å². The number of benzene rings is 1. The molecule has 0 atom stereocenters. The van der Waals surface area contributed by atoms with Crippen LogP contribution in [0.4, 0.5) is 0 Å². The van der Waals surface area contributed by atoms with Crippen LogP contribution in [-0.4, -0.2) is 5.24 Å². The van der Waals surface area contributed by atoms with Crippen LogP contribution in [0.25, 0.3) is 0 Å². The van der Waals surface area contributed by atoms with Crippen molar-refractivity contribution in [3.05, 3.63) is 35.8 Å². The molecule has 0 aromatic heterocycles. The Balaban J connectivity index is 3.45. The van der Waals surface area contributed by atoms with Gasteiger partial charge in [0.15, 0.2) is 0 Å². The van der Waals surface area contributed by atoms with Gasteiger partial charge in [-0.2, -0.15) is 0 Å². The summed E-state index contributed by atoms with van der Waals surface area (Å²) in [5.41, 5.74) is -0.0685. The van der Waals surface area contributed by atoms with E-state index in [1.165, 1.54) is 0 Å². The molecule has 0 aliphatic heterocycles. The first kappa shape index (κ1) is 3.05. The van der Waals surface area contributed by atoms with E-state index in [4.69, 9.17) is 18.5 Å². The van der Waals surface area contributed by atoms with Crippen molar-refractivity contribution in [2.24, 2.45) is 0 Å². The summed E-state index contributed by atoms with van der Waals surface area (Å²) in [5, 5.41) is -0.756. The molecular formula is C8H7ClO. The SMILES string of the molecule is [2H]c1c([2H])c([2H])c(CC(=O)Cl)c([2H])c1[2H]. The van der Waals surface area contributed by atoms with Gasteiger partial charge in [0.05, 0.1) is 6.85 Å². The van der Waals surface area contributed by atoms with E-state index in [2.05, 4.69) is 0 Å². The molecule has 0 aliphatic carbocycles. The lowest BCUT2D eigenvalue weighted by molar-refractivity contribution is -0.111. The molecule has 0 fully saturated rings. The van der Waals surface area contributed by atoms with Gasteiger partial charge in [-0.3, -0.25) is 4.79 Å². The highest BCUT2D eigenvalue weighted by atomic mass is 35.5. The molecule has 0 saturated heterocycles. The zero-order valence-corrected chi connectivity index (χ0v) is 5.75. The van der Waals surface area contributed by atoms with E-state index >= 15 is 0 Å². The van der Waals surface area contributed by atoms with Crippen molar-refractivity contribution in [2.75, 3.05) is 0 Å². The third-order valence-corrected chi connectivity index (χ3v) is 1.00. The summed E-state index contributed by atoms with van der Waals surface area (Å²) in [6.07, 6.45) is -0.364. The highest BCUT2D eigenvalue weighted by Crippen LogP contribution is 2.00. The number of hydrogen-bond donors (Lipinski definition) is 0. The van der Waals surface area contributed by atoms with Crippen molar-refractivity contribution in [1.82, 2.24) is 0 Å². The molecule has 52 valence electrons. The summed E-state index contributed by atoms with van der Waals surface area (Å²) in [6.45, 7) is 0. The maximum Gasteiger partial charge on any atom is 0.226 e. The summed E-state index contributed by atoms with van der Waals surface area (Å²) in [5.74, 6) is 0. The van der Waals surface area contributed by atoms with Gasteiger partial charge >= 0.3 is 0 Å². The van der Waals surface area contributed by atoms with E-state index in [0.717, 1.165) is 0 Å². The second-order valence-corrected chi connectivity index (χ2v) is 2.06. The third-order valence-electron chi connectivity index (χ3n) is 0.868. The lowest BCUT2D eigenvalue weighted by atomic mass is 10.2. The van der Waals surface area contributed by atoms with Crippen molar-refractivity contribution < 1.29 is 11.6 Å². The molecule has 2 heteroatoms. The number of carbonyl (C=O) groups excluding carboxylic acids is 1. The highest BCUT2D eigenvalue weighted by Gasteiger charge is 1.95. The van der Waals surface area contributed by atoms with Crippen LogP contribution in [-0.2, 0) is 11.2 Å². The second-order valence-electron chi connectivity index (χ2n) is 1.64. The lowest BCUT2D eigenvalue weighted by Crippen LogP contribution is -1.91. The molecular weight excluding hydrogens is 148 g/mol. The molecule has 0 heterocycles. The van der Waals surface area contributed by atoms with E-state index < -0.39 is 23.4 Å². The topological polar surface area (TPSA) is 17.1 Å². The smallest absolute Gasteiger partial charge is 0.226 e. The number of halogens is 1. The van der Waals surface area contributed by atoms with Gasteiger partial charge < -0.3 is 0 Å². The Labute approximate surface area is 71.7 Å². The zero-order chi connectivity index (χ0) is 11.7. The molecule has 0 aliphatic rings. The maximum absolute atomic E-state index is 10.7. The normalized spacial score (nSPS) is 16.3. The van der Waals surface area contributed by atoms with Crippen LogP contribution in [0.1, 0.15) is 12.4 Å². The molecule has 0 unspecified atom stereocenters. The summed E-state index contributed by atoms with van der Waals surface area (Å²) in [4.78, 5) is 10.7. The van der Waals surface area contributed by atoms with Crippen molar-refractivity contribution in [1.29, 1.82) is 0 Å². The van der Waals surface area contributed by atoms with Crippen LogP contribution in [0.2, 0.25) is 0 Å². The standard InChI is InChI=1S/C8H7ClO/c9-8(10)6-7-4-2-1-3-5-7/h1-5H,6H2/i1D,2D,3D,4D,5D. The van der Waals surface area contributed by atoms with Gasteiger partial charge in [-0.05, 0) is 17.2 Å². The third kappa shape index (κ3) is 2.19. The number of rotatable bonds is 2. The zero-order valence-electron chi connectivity index (χ0n) is 9.99. The lowest BCUT2D eigenvalue weighted by Gasteiger charge is -1.92. The maximum atomic E-state index is 10.7. The molecule has 10 heavy (non-hydrogen) atoms. The first-order valence-electron chi connectivity index (χ1n) is 5.10. The van der Waals surface area contributed by atoms with Gasteiger partial charge in [0, 0.05) is 6.42 Å². The van der Waals surface area contributed by atoms with E-state index in [1.54, 1.807) is 0 Å². The molecule has 0 radical (unpaired) electrons. The molecule has 0 saturated carbocycles. The van der Waals surface area contributed by atoms with Crippen LogP contribution >= 0.6 is 11.6 Å². The predicted octanol–water partition coefficient (Wildman–Crippen LogP) is 1.99. The molecule has 1 rings (SSSR count). The molecule has 0 N–H and O–H groups in total. The minimum absolute atomic E-state index is 0.0685. The number of carbonyl (C=O) groups is 1. The molecule has 1 aromatic carbocycles. The van der Waals surface area contributed by atoms with Gasteiger partial charge in [0.25, 0.3) is 0 Å². The summed E-state index contributed by atoms with van der Waals surface area (Å²) < 4.78 is 36.8. The Morgan fingerprint density at radius 3 is 2.60 bits per heavy atom. The first-order chi connectivity index (χ1) is 6.86. The van der Waals surface area contributed by atoms with E-state index in [-0.39, 0.29) is 24.1 Å². The van der Waals surface area contributed by atoms with Crippen LogP contribution in [0.5, 0.6) is 0 Å². The van der Waals surface area contributed by atoms with Crippen molar-refractivity contribution in [3.8, 4) is 0 Å². The van der Waals surface area contributed by atoms with Crippen LogP contribution in [0.15, 0.2) is 30.2 Å². The Morgan fingerprint density at radius 2 is 2.10 bits per heavy atom. The van der Waals surface area contributed by atoms with E-state index in [1.807, 2.05) is 0 Å². The summed E-state index contributed by atoms with van der Waals surface area (Å²) >= 11 is 5.13. The molecule has 0 amide bonds. The molecule has 1 aromatic rings. The fourth-order valence-electron chi connectivity index (χ4n) is 0.503. The minimum atomic E-state index is -0.756. The Morgan fingerprint density at radius 1 is 1.50 bits per heavy atom. The number of hydrogen-bond acceptors (Lipinski definition) is 1. The quantitative estimate of drug-likeness (QED) is 0.604. The van der Waals surface area contributed by atoms with Gasteiger partial charge in [0.2, 0.25) is 5.24 Å². The fraction of sp³-hybridized carbons (Fsp3) is 0.125. The van der Waals surface area contributed by atoms with Crippen molar-refractivity contribution in [2.45, 2.75) is 6.42 Å². The molecule has 1 nitrogen and oxygen atoms in total. The van der Waals surface area contributed by atoms with Crippen LogP contribution in [0, 0.1) is 0 Å². The molecule has 0 spiro atoms. The van der Waals surface area contributed by atoms with Crippen molar-refractivity contribution in [3.63, 3.8) is 0 Å². The monoisotopic (exact) mass is 159 g/mol. The Hall–Kier alpha value is -0.820. The Kier molecular flexibility index (Phi) is 1.03. The summed E-state index contributed by atoms with van der Waals surface area (Å²) in [7, 11) is 0. The average molecular weight is 160 g/mol. The van der Waals surface area contributed by atoms with E-state index in [9.17, 15) is 4.79 Å². The predicted molar refractivity (Wildman–Crippen MR) is 41.0 cm³/mol. The van der Waals surface area contributed by atoms with Crippen molar-refractivity contribution >= 4 is 16.8 Å². The van der Waals surface area contributed by atoms with Crippen LogP contribution < -0.4 is 0 Å². The fourth-order valence-corrected chi connectivity index (χ4v) is 0.637. The Bertz CT molecular complexity index is 403. The van der Waals surface area contributed by atoms with Gasteiger partial charge in [-0.15, -0.1) is 0 Å². The largest absolute Gasteiger partial charge is 0.281 e.